The Bertz CT molecular complexity index is 666. The summed E-state index contributed by atoms with van der Waals surface area (Å²) in [6.45, 7) is 10.2. The summed E-state index contributed by atoms with van der Waals surface area (Å²) in [7, 11) is 0. The van der Waals surface area contributed by atoms with E-state index in [1.54, 1.807) is 0 Å². The summed E-state index contributed by atoms with van der Waals surface area (Å²) < 4.78 is 0. The van der Waals surface area contributed by atoms with E-state index >= 15 is 0 Å². The van der Waals surface area contributed by atoms with Crippen molar-refractivity contribution in [1.82, 2.24) is 20.2 Å². The molecule has 0 aliphatic carbocycles. The Kier molecular flexibility index (Phi) is 7.60. The van der Waals surface area contributed by atoms with Crippen molar-refractivity contribution >= 4 is 22.6 Å². The molecule has 0 saturated carbocycles. The zero-order valence-electron chi connectivity index (χ0n) is 15.5. The largest absolute Gasteiger partial charge is 0.358 e. The molecule has 1 aromatic heterocycles. The minimum absolute atomic E-state index is 0.00877. The minimum Gasteiger partial charge on any atom is -0.358 e. The average molecular weight is 343 g/mol. The molecular weight excluding hydrogens is 314 g/mol. The number of carbonyl (C=O) groups excluding carboxylic acids is 1. The van der Waals surface area contributed by atoms with Gasteiger partial charge >= 0.3 is 0 Å². The molecule has 1 aromatic carbocycles. The molecular formula is C19H29N5O. The first-order valence-corrected chi connectivity index (χ1v) is 9.12. The summed E-state index contributed by atoms with van der Waals surface area (Å²) in [4.78, 5) is 23.2. The predicted octanol–water partition coefficient (Wildman–Crippen LogP) is 2.67. The van der Waals surface area contributed by atoms with E-state index in [0.29, 0.717) is 12.4 Å². The number of nitrogens with one attached hydrogen (secondary N) is 2. The average Bonchev–Trinajstić information content (AvgIpc) is 2.64. The number of nitrogens with zero attached hydrogens (tertiary/aromatic N) is 3. The second-order valence-electron chi connectivity index (χ2n) is 6.13. The van der Waals surface area contributed by atoms with Gasteiger partial charge in [0.1, 0.15) is 18.2 Å². The first kappa shape index (κ1) is 19.1. The van der Waals surface area contributed by atoms with Crippen molar-refractivity contribution in [2.24, 2.45) is 0 Å². The van der Waals surface area contributed by atoms with E-state index in [1.165, 1.54) is 6.33 Å². The fraction of sp³-hybridized carbons (Fsp3) is 0.526. The number of aromatic nitrogens is 2. The van der Waals surface area contributed by atoms with Crippen LogP contribution in [0.5, 0.6) is 0 Å². The van der Waals surface area contributed by atoms with Crippen molar-refractivity contribution in [2.45, 2.75) is 39.7 Å². The van der Waals surface area contributed by atoms with E-state index in [9.17, 15) is 4.79 Å². The summed E-state index contributed by atoms with van der Waals surface area (Å²) in [6, 6.07) is 7.42. The van der Waals surface area contributed by atoms with Crippen LogP contribution in [0.15, 0.2) is 30.6 Å². The number of hydrogen-bond donors (Lipinski definition) is 2. The number of benzene rings is 1. The van der Waals surface area contributed by atoms with Crippen LogP contribution in [0, 0.1) is 0 Å². The summed E-state index contributed by atoms with van der Waals surface area (Å²) in [5, 5.41) is 7.11. The number of carbonyl (C=O) groups is 1. The first-order chi connectivity index (χ1) is 12.2. The summed E-state index contributed by atoms with van der Waals surface area (Å²) in [6.07, 6.45) is 3.61. The number of rotatable bonds is 10. The lowest BCUT2D eigenvalue weighted by atomic mass is 10.2. The molecule has 6 nitrogen and oxygen atoms in total. The van der Waals surface area contributed by atoms with Gasteiger partial charge in [-0.25, -0.2) is 9.97 Å². The van der Waals surface area contributed by atoms with E-state index in [-0.39, 0.29) is 11.9 Å². The van der Waals surface area contributed by atoms with E-state index in [4.69, 9.17) is 0 Å². The Morgan fingerprint density at radius 3 is 2.68 bits per heavy atom. The van der Waals surface area contributed by atoms with Crippen molar-refractivity contribution in [3.05, 3.63) is 30.6 Å². The molecule has 0 saturated heterocycles. The molecule has 136 valence electrons. The van der Waals surface area contributed by atoms with Gasteiger partial charge in [0, 0.05) is 11.9 Å². The molecule has 0 radical (unpaired) electrons. The molecule has 0 spiro atoms. The highest BCUT2D eigenvalue weighted by Crippen LogP contribution is 2.18. The highest BCUT2D eigenvalue weighted by atomic mass is 16.2. The fourth-order valence-electron chi connectivity index (χ4n) is 2.76. The van der Waals surface area contributed by atoms with E-state index in [2.05, 4.69) is 39.3 Å². The fourth-order valence-corrected chi connectivity index (χ4v) is 2.76. The van der Waals surface area contributed by atoms with Crippen LogP contribution in [0.3, 0.4) is 0 Å². The molecule has 6 heteroatoms. The van der Waals surface area contributed by atoms with Gasteiger partial charge in [0.15, 0.2) is 0 Å². The standard InChI is InChI=1S/C19H29N5O/c1-4-24(5-2)13-9-8-12-20-19(25)15(3)23-18-16-10-6-7-11-17(16)21-14-22-18/h6-7,10-11,14-15H,4-5,8-9,12-13H2,1-3H3,(H,20,25)(H,21,22,23). The molecule has 2 aromatic rings. The second-order valence-corrected chi connectivity index (χ2v) is 6.13. The zero-order valence-corrected chi connectivity index (χ0v) is 15.5. The maximum atomic E-state index is 12.3. The predicted molar refractivity (Wildman–Crippen MR) is 103 cm³/mol. The van der Waals surface area contributed by atoms with Crippen LogP contribution in [0.1, 0.15) is 33.6 Å². The monoisotopic (exact) mass is 343 g/mol. The van der Waals surface area contributed by atoms with Gasteiger partial charge in [0.05, 0.1) is 5.52 Å². The molecule has 1 atom stereocenters. The quantitative estimate of drug-likeness (QED) is 0.649. The van der Waals surface area contributed by atoms with Crippen molar-refractivity contribution in [1.29, 1.82) is 0 Å². The highest BCUT2D eigenvalue weighted by molar-refractivity contribution is 5.91. The molecule has 0 aliphatic heterocycles. The van der Waals surface area contributed by atoms with E-state index < -0.39 is 0 Å². The van der Waals surface area contributed by atoms with Crippen molar-refractivity contribution in [3.8, 4) is 0 Å². The lowest BCUT2D eigenvalue weighted by Crippen LogP contribution is -2.38. The number of para-hydroxylation sites is 1. The molecule has 2 N–H and O–H groups in total. The Balaban J connectivity index is 1.78. The molecule has 0 aliphatic rings. The third-order valence-corrected chi connectivity index (χ3v) is 4.38. The highest BCUT2D eigenvalue weighted by Gasteiger charge is 2.14. The van der Waals surface area contributed by atoms with Gasteiger partial charge in [-0.2, -0.15) is 0 Å². The second kappa shape index (κ2) is 9.93. The van der Waals surface area contributed by atoms with Crippen LogP contribution in [0.2, 0.25) is 0 Å². The van der Waals surface area contributed by atoms with Crippen LogP contribution in [-0.2, 0) is 4.79 Å². The first-order valence-electron chi connectivity index (χ1n) is 9.12. The topological polar surface area (TPSA) is 70.2 Å². The SMILES string of the molecule is CCN(CC)CCCCNC(=O)C(C)Nc1ncnc2ccccc12. The van der Waals surface area contributed by atoms with Gasteiger partial charge < -0.3 is 15.5 Å². The van der Waals surface area contributed by atoms with Gasteiger partial charge in [0.2, 0.25) is 5.91 Å². The Hall–Kier alpha value is -2.21. The van der Waals surface area contributed by atoms with Crippen LogP contribution in [0.4, 0.5) is 5.82 Å². The van der Waals surface area contributed by atoms with Crippen molar-refractivity contribution in [3.63, 3.8) is 0 Å². The maximum Gasteiger partial charge on any atom is 0.242 e. The molecule has 2 rings (SSSR count). The normalized spacial score (nSPS) is 12.3. The molecule has 0 fully saturated rings. The smallest absolute Gasteiger partial charge is 0.242 e. The number of hydrogen-bond acceptors (Lipinski definition) is 5. The molecule has 0 bridgehead atoms. The van der Waals surface area contributed by atoms with Crippen LogP contribution in [-0.4, -0.2) is 53.0 Å². The Labute approximate surface area is 150 Å². The number of anilines is 1. The van der Waals surface area contributed by atoms with E-state index in [1.807, 2.05) is 31.2 Å². The van der Waals surface area contributed by atoms with Gasteiger partial charge in [-0.3, -0.25) is 4.79 Å². The van der Waals surface area contributed by atoms with Gasteiger partial charge in [-0.05, 0) is 51.5 Å². The zero-order chi connectivity index (χ0) is 18.1. The van der Waals surface area contributed by atoms with Gasteiger partial charge in [-0.1, -0.05) is 26.0 Å². The molecule has 1 amide bonds. The van der Waals surface area contributed by atoms with Crippen molar-refractivity contribution < 1.29 is 4.79 Å². The maximum absolute atomic E-state index is 12.3. The molecule has 1 heterocycles. The third kappa shape index (κ3) is 5.67. The molecule has 25 heavy (non-hydrogen) atoms. The Morgan fingerprint density at radius 2 is 1.92 bits per heavy atom. The molecule has 1 unspecified atom stereocenters. The summed E-state index contributed by atoms with van der Waals surface area (Å²) >= 11 is 0. The number of unbranched alkanes of at least 4 members (excludes halogenated alkanes) is 1. The van der Waals surface area contributed by atoms with E-state index in [0.717, 1.165) is 43.4 Å². The van der Waals surface area contributed by atoms with Crippen LogP contribution >= 0.6 is 0 Å². The minimum atomic E-state index is -0.346. The Morgan fingerprint density at radius 1 is 1.16 bits per heavy atom. The number of amides is 1. The van der Waals surface area contributed by atoms with Crippen LogP contribution < -0.4 is 10.6 Å². The summed E-state index contributed by atoms with van der Waals surface area (Å²) in [5.74, 6) is 0.681. The lowest BCUT2D eigenvalue weighted by Gasteiger charge is -2.18. The number of fused-ring (bicyclic) bond motifs is 1. The third-order valence-electron chi connectivity index (χ3n) is 4.38. The van der Waals surface area contributed by atoms with Crippen molar-refractivity contribution in [2.75, 3.05) is 31.5 Å². The van der Waals surface area contributed by atoms with Gasteiger partial charge in [-0.15, -0.1) is 0 Å². The summed E-state index contributed by atoms with van der Waals surface area (Å²) in [5.41, 5.74) is 0.865. The van der Waals surface area contributed by atoms with Crippen LogP contribution in [0.25, 0.3) is 10.9 Å². The van der Waals surface area contributed by atoms with Gasteiger partial charge in [0.25, 0.3) is 0 Å². The lowest BCUT2D eigenvalue weighted by molar-refractivity contribution is -0.121.